The second-order valence-corrected chi connectivity index (χ2v) is 5.24. The maximum atomic E-state index is 6.11. The van der Waals surface area contributed by atoms with Crippen LogP contribution in [0.3, 0.4) is 0 Å². The number of hydrogen-bond acceptors (Lipinski definition) is 1. The minimum Gasteiger partial charge on any atom is -0.235 e. The first-order valence-corrected chi connectivity index (χ1v) is 6.73. The van der Waals surface area contributed by atoms with Crippen LogP contribution in [0.5, 0.6) is 0 Å². The van der Waals surface area contributed by atoms with E-state index in [-0.39, 0.29) is 0 Å². The van der Waals surface area contributed by atoms with Crippen molar-refractivity contribution in [1.82, 2.24) is 4.98 Å². The molecule has 0 spiro atoms. The van der Waals surface area contributed by atoms with E-state index in [9.17, 15) is 0 Å². The van der Waals surface area contributed by atoms with Gasteiger partial charge in [-0.3, -0.25) is 0 Å². The Morgan fingerprint density at radius 1 is 0.944 bits per heavy atom. The average Bonchev–Trinajstić information content (AvgIpc) is 2.40. The Kier molecular flexibility index (Phi) is 3.06. The van der Waals surface area contributed by atoms with Gasteiger partial charge in [0.05, 0.1) is 5.52 Å². The van der Waals surface area contributed by atoms with Crippen molar-refractivity contribution in [3.05, 3.63) is 64.2 Å². The summed E-state index contributed by atoms with van der Waals surface area (Å²) in [5, 5.41) is 1.60. The molecule has 0 saturated heterocycles. The molecule has 1 aromatic heterocycles. The number of benzene rings is 2. The predicted molar refractivity (Wildman–Crippen MR) is 79.9 cm³/mol. The zero-order chi connectivity index (χ0) is 12.5. The molecule has 0 unspecified atom stereocenters. The number of rotatable bonds is 1. The van der Waals surface area contributed by atoms with Crippen LogP contribution in [-0.2, 0) is 0 Å². The van der Waals surface area contributed by atoms with Crippen LogP contribution < -0.4 is 0 Å². The fourth-order valence-electron chi connectivity index (χ4n) is 2.04. The average molecular weight is 319 g/mol. The van der Waals surface area contributed by atoms with Crippen molar-refractivity contribution in [2.75, 3.05) is 0 Å². The normalized spacial score (nSPS) is 10.8. The quantitative estimate of drug-likeness (QED) is 0.553. The highest BCUT2D eigenvalue weighted by atomic mass is 79.9. The molecule has 2 aromatic carbocycles. The summed E-state index contributed by atoms with van der Waals surface area (Å²) in [4.78, 5) is 4.38. The molecule has 0 amide bonds. The van der Waals surface area contributed by atoms with Gasteiger partial charge in [0, 0.05) is 9.86 Å². The number of aromatic nitrogens is 1. The molecule has 0 fully saturated rings. The topological polar surface area (TPSA) is 12.9 Å². The summed E-state index contributed by atoms with van der Waals surface area (Å²) < 4.78 is 0.958. The van der Waals surface area contributed by atoms with Crippen LogP contribution in [-0.4, -0.2) is 4.98 Å². The van der Waals surface area contributed by atoms with Crippen LogP contribution in [0.1, 0.15) is 0 Å². The highest BCUT2D eigenvalue weighted by Gasteiger charge is 2.08. The van der Waals surface area contributed by atoms with Crippen molar-refractivity contribution in [1.29, 1.82) is 0 Å². The zero-order valence-electron chi connectivity index (χ0n) is 9.40. The number of halogens is 2. The van der Waals surface area contributed by atoms with Crippen LogP contribution in [0.4, 0.5) is 0 Å². The highest BCUT2D eigenvalue weighted by molar-refractivity contribution is 9.10. The SMILES string of the molecule is Clc1cc(-c2ccccc2)c2cccc(Br)c2n1. The van der Waals surface area contributed by atoms with Crippen molar-refractivity contribution < 1.29 is 0 Å². The molecular weight excluding hydrogens is 310 g/mol. The standard InChI is InChI=1S/C15H9BrClN/c16-13-8-4-7-11-12(9-14(17)18-15(11)13)10-5-2-1-3-6-10/h1-9H. The number of para-hydroxylation sites is 1. The Labute approximate surface area is 119 Å². The molecular formula is C15H9BrClN. The molecule has 1 nitrogen and oxygen atoms in total. The van der Waals surface area contributed by atoms with Crippen LogP contribution in [0.2, 0.25) is 5.15 Å². The van der Waals surface area contributed by atoms with E-state index in [1.165, 1.54) is 0 Å². The van der Waals surface area contributed by atoms with Crippen molar-refractivity contribution in [3.63, 3.8) is 0 Å². The third kappa shape index (κ3) is 2.02. The maximum absolute atomic E-state index is 6.11. The largest absolute Gasteiger partial charge is 0.235 e. The lowest BCUT2D eigenvalue weighted by Gasteiger charge is -2.08. The molecule has 0 aliphatic carbocycles. The van der Waals surface area contributed by atoms with Crippen molar-refractivity contribution >= 4 is 38.4 Å². The summed E-state index contributed by atoms with van der Waals surface area (Å²) in [5.74, 6) is 0. The number of nitrogens with zero attached hydrogens (tertiary/aromatic N) is 1. The van der Waals surface area contributed by atoms with E-state index in [1.807, 2.05) is 36.4 Å². The minimum absolute atomic E-state index is 0.508. The molecule has 88 valence electrons. The molecule has 0 radical (unpaired) electrons. The molecule has 0 atom stereocenters. The lowest BCUT2D eigenvalue weighted by molar-refractivity contribution is 1.40. The third-order valence-electron chi connectivity index (χ3n) is 2.84. The molecule has 1 heterocycles. The van der Waals surface area contributed by atoms with Crippen LogP contribution in [0.15, 0.2) is 59.1 Å². The number of pyridine rings is 1. The second kappa shape index (κ2) is 4.71. The van der Waals surface area contributed by atoms with Gasteiger partial charge in [-0.1, -0.05) is 54.1 Å². The summed E-state index contributed by atoms with van der Waals surface area (Å²) in [7, 11) is 0. The highest BCUT2D eigenvalue weighted by Crippen LogP contribution is 2.33. The third-order valence-corrected chi connectivity index (χ3v) is 3.68. The Hall–Kier alpha value is -1.38. The van der Waals surface area contributed by atoms with Gasteiger partial charge in [-0.2, -0.15) is 0 Å². The van der Waals surface area contributed by atoms with E-state index in [4.69, 9.17) is 11.6 Å². The molecule has 3 aromatic rings. The van der Waals surface area contributed by atoms with Crippen LogP contribution in [0, 0.1) is 0 Å². The Balaban J connectivity index is 2.39. The van der Waals surface area contributed by atoms with E-state index < -0.39 is 0 Å². The molecule has 0 N–H and O–H groups in total. The molecule has 0 aliphatic heterocycles. The first-order valence-electron chi connectivity index (χ1n) is 5.56. The summed E-state index contributed by atoms with van der Waals surface area (Å²) in [5.41, 5.74) is 3.14. The van der Waals surface area contributed by atoms with Gasteiger partial charge in [0.25, 0.3) is 0 Å². The molecule has 3 heteroatoms. The van der Waals surface area contributed by atoms with E-state index in [0.29, 0.717) is 5.15 Å². The minimum atomic E-state index is 0.508. The van der Waals surface area contributed by atoms with Gasteiger partial charge in [0.1, 0.15) is 5.15 Å². The van der Waals surface area contributed by atoms with Gasteiger partial charge in [-0.25, -0.2) is 4.98 Å². The van der Waals surface area contributed by atoms with Gasteiger partial charge in [-0.15, -0.1) is 0 Å². The van der Waals surface area contributed by atoms with E-state index >= 15 is 0 Å². The summed E-state index contributed by atoms with van der Waals surface area (Å²) in [6.07, 6.45) is 0. The lowest BCUT2D eigenvalue weighted by Crippen LogP contribution is -1.86. The van der Waals surface area contributed by atoms with E-state index in [1.54, 1.807) is 0 Å². The lowest BCUT2D eigenvalue weighted by atomic mass is 10.0. The van der Waals surface area contributed by atoms with Gasteiger partial charge in [0.15, 0.2) is 0 Å². The van der Waals surface area contributed by atoms with Gasteiger partial charge in [-0.05, 0) is 39.2 Å². The Bertz CT molecular complexity index is 710. The van der Waals surface area contributed by atoms with E-state index in [0.717, 1.165) is 26.5 Å². The van der Waals surface area contributed by atoms with Crippen LogP contribution in [0.25, 0.3) is 22.0 Å². The van der Waals surface area contributed by atoms with Crippen molar-refractivity contribution in [3.8, 4) is 11.1 Å². The molecule has 0 aliphatic rings. The molecule has 0 bridgehead atoms. The molecule has 18 heavy (non-hydrogen) atoms. The smallest absolute Gasteiger partial charge is 0.130 e. The Morgan fingerprint density at radius 2 is 1.72 bits per heavy atom. The fraction of sp³-hybridized carbons (Fsp3) is 0. The number of hydrogen-bond donors (Lipinski definition) is 0. The monoisotopic (exact) mass is 317 g/mol. The van der Waals surface area contributed by atoms with E-state index in [2.05, 4.69) is 39.1 Å². The predicted octanol–water partition coefficient (Wildman–Crippen LogP) is 5.32. The first-order chi connectivity index (χ1) is 8.75. The zero-order valence-corrected chi connectivity index (χ0v) is 11.7. The van der Waals surface area contributed by atoms with Gasteiger partial charge in [0.2, 0.25) is 0 Å². The first kappa shape index (κ1) is 11.7. The Morgan fingerprint density at radius 3 is 2.50 bits per heavy atom. The molecule has 0 saturated carbocycles. The summed E-state index contributed by atoms with van der Waals surface area (Å²) in [6, 6.07) is 18.1. The number of fused-ring (bicyclic) bond motifs is 1. The van der Waals surface area contributed by atoms with Crippen molar-refractivity contribution in [2.45, 2.75) is 0 Å². The van der Waals surface area contributed by atoms with Crippen molar-refractivity contribution in [2.24, 2.45) is 0 Å². The summed E-state index contributed by atoms with van der Waals surface area (Å²) in [6.45, 7) is 0. The summed E-state index contributed by atoms with van der Waals surface area (Å²) >= 11 is 9.63. The maximum Gasteiger partial charge on any atom is 0.130 e. The van der Waals surface area contributed by atoms with Crippen LogP contribution >= 0.6 is 27.5 Å². The second-order valence-electron chi connectivity index (χ2n) is 3.99. The molecule has 3 rings (SSSR count). The van der Waals surface area contributed by atoms with Gasteiger partial charge < -0.3 is 0 Å². The fourth-order valence-corrected chi connectivity index (χ4v) is 2.69. The van der Waals surface area contributed by atoms with Gasteiger partial charge >= 0.3 is 0 Å².